The number of nitrogens with one attached hydrogen (secondary N) is 1. The van der Waals surface area contributed by atoms with Crippen molar-refractivity contribution >= 4 is 29.0 Å². The van der Waals surface area contributed by atoms with E-state index in [0.717, 1.165) is 45.2 Å². The van der Waals surface area contributed by atoms with Gasteiger partial charge in [0, 0.05) is 51.4 Å². The van der Waals surface area contributed by atoms with Crippen molar-refractivity contribution in [1.82, 2.24) is 14.7 Å². The van der Waals surface area contributed by atoms with Gasteiger partial charge in [0.25, 0.3) is 11.8 Å². The first kappa shape index (κ1) is 22.5. The van der Waals surface area contributed by atoms with Gasteiger partial charge in [0.1, 0.15) is 5.70 Å². The minimum Gasteiger partial charge on any atom is -0.395 e. The maximum Gasteiger partial charge on any atom is 0.278 e. The summed E-state index contributed by atoms with van der Waals surface area (Å²) in [6.45, 7) is 4.94. The molecule has 0 radical (unpaired) electrons. The summed E-state index contributed by atoms with van der Waals surface area (Å²) in [6.07, 6.45) is 4.96. The Morgan fingerprint density at radius 1 is 1.00 bits per heavy atom. The highest BCUT2D eigenvalue weighted by Gasteiger charge is 2.45. The Bertz CT molecular complexity index is 897. The maximum absolute atomic E-state index is 13.6. The van der Waals surface area contributed by atoms with Gasteiger partial charge in [-0.25, -0.2) is 0 Å². The molecule has 1 aromatic carbocycles. The van der Waals surface area contributed by atoms with Crippen LogP contribution >= 0.6 is 0 Å². The molecule has 4 rings (SSSR count). The molecule has 0 bridgehead atoms. The number of carbonyl (C=O) groups is 3. The van der Waals surface area contributed by atoms with Crippen LogP contribution in [-0.2, 0) is 14.4 Å². The van der Waals surface area contributed by atoms with Crippen molar-refractivity contribution in [3.63, 3.8) is 0 Å². The largest absolute Gasteiger partial charge is 0.395 e. The topological polar surface area (TPSA) is 93.2 Å². The van der Waals surface area contributed by atoms with E-state index < -0.39 is 0 Å². The van der Waals surface area contributed by atoms with Crippen LogP contribution in [0, 0.1) is 0 Å². The molecule has 8 heteroatoms. The number of imide groups is 1. The zero-order valence-corrected chi connectivity index (χ0v) is 18.7. The number of amides is 3. The number of hydrogen-bond acceptors (Lipinski definition) is 6. The molecule has 2 N–H and O–H groups in total. The van der Waals surface area contributed by atoms with E-state index in [2.05, 4.69) is 10.2 Å². The van der Waals surface area contributed by atoms with Gasteiger partial charge in [-0.05, 0) is 30.5 Å². The summed E-state index contributed by atoms with van der Waals surface area (Å²) in [5.74, 6) is -0.547. The average molecular weight is 441 g/mol. The van der Waals surface area contributed by atoms with Crippen LogP contribution in [0.3, 0.4) is 0 Å². The van der Waals surface area contributed by atoms with E-state index in [1.165, 1.54) is 11.8 Å². The fourth-order valence-electron chi connectivity index (χ4n) is 5.02. The normalized spacial score (nSPS) is 20.9. The molecule has 1 saturated heterocycles. The number of aliphatic hydroxyl groups is 1. The molecule has 0 spiro atoms. The van der Waals surface area contributed by atoms with Crippen LogP contribution in [0.2, 0.25) is 0 Å². The van der Waals surface area contributed by atoms with Gasteiger partial charge in [-0.3, -0.25) is 24.2 Å². The third-order valence-corrected chi connectivity index (χ3v) is 6.63. The molecule has 0 unspecified atom stereocenters. The molecular weight excluding hydrogens is 408 g/mol. The predicted octanol–water partition coefficient (Wildman–Crippen LogP) is 1.67. The quantitative estimate of drug-likeness (QED) is 0.654. The van der Waals surface area contributed by atoms with E-state index in [1.54, 1.807) is 24.3 Å². The highest BCUT2D eigenvalue weighted by molar-refractivity contribution is 6.35. The third-order valence-electron chi connectivity index (χ3n) is 6.63. The Hall–Kier alpha value is -2.71. The molecule has 1 saturated carbocycles. The van der Waals surface area contributed by atoms with E-state index in [-0.39, 0.29) is 30.4 Å². The summed E-state index contributed by atoms with van der Waals surface area (Å²) in [5.41, 5.74) is 2.31. The third kappa shape index (κ3) is 4.56. The van der Waals surface area contributed by atoms with Gasteiger partial charge in [0.05, 0.1) is 12.2 Å². The lowest BCUT2D eigenvalue weighted by Crippen LogP contribution is -2.49. The van der Waals surface area contributed by atoms with Crippen molar-refractivity contribution in [1.29, 1.82) is 0 Å². The van der Waals surface area contributed by atoms with Crippen LogP contribution in [0.5, 0.6) is 0 Å². The molecule has 1 aliphatic carbocycles. The summed E-state index contributed by atoms with van der Waals surface area (Å²) >= 11 is 0. The van der Waals surface area contributed by atoms with Crippen molar-refractivity contribution in [3.8, 4) is 0 Å². The first-order valence-electron chi connectivity index (χ1n) is 11.6. The monoisotopic (exact) mass is 440 g/mol. The van der Waals surface area contributed by atoms with E-state index >= 15 is 0 Å². The Balaban J connectivity index is 1.66. The van der Waals surface area contributed by atoms with Crippen LogP contribution in [0.1, 0.15) is 44.6 Å². The Labute approximate surface area is 188 Å². The van der Waals surface area contributed by atoms with Crippen molar-refractivity contribution in [2.24, 2.45) is 0 Å². The number of hydrogen-bond donors (Lipinski definition) is 2. The first-order valence-corrected chi connectivity index (χ1v) is 11.6. The average Bonchev–Trinajstić information content (AvgIpc) is 3.05. The molecule has 2 heterocycles. The van der Waals surface area contributed by atoms with Crippen LogP contribution in [0.15, 0.2) is 30.0 Å². The molecule has 0 atom stereocenters. The van der Waals surface area contributed by atoms with Crippen LogP contribution in [-0.4, -0.2) is 82.9 Å². The van der Waals surface area contributed by atoms with Gasteiger partial charge in [0.2, 0.25) is 5.91 Å². The number of aliphatic hydroxyl groups excluding tert-OH is 1. The second-order valence-corrected chi connectivity index (χ2v) is 8.81. The van der Waals surface area contributed by atoms with Crippen molar-refractivity contribution in [2.45, 2.75) is 45.1 Å². The van der Waals surface area contributed by atoms with Crippen LogP contribution in [0.25, 0.3) is 5.57 Å². The van der Waals surface area contributed by atoms with Gasteiger partial charge in [-0.1, -0.05) is 31.4 Å². The Morgan fingerprint density at radius 3 is 2.25 bits per heavy atom. The lowest BCUT2D eigenvalue weighted by Gasteiger charge is -2.36. The standard InChI is InChI=1S/C24H32N4O4/c1-17(30)25-19-9-7-18(8-10-19)21-22(27-13-11-26(12-14-27)15-16-29)24(32)28(23(21)31)20-5-3-2-4-6-20/h7-10,20,29H,2-6,11-16H2,1H3,(H,25,30). The maximum atomic E-state index is 13.6. The minimum absolute atomic E-state index is 0.0365. The molecular formula is C24H32N4O4. The first-order chi connectivity index (χ1) is 15.5. The van der Waals surface area contributed by atoms with E-state index in [0.29, 0.717) is 42.2 Å². The summed E-state index contributed by atoms with van der Waals surface area (Å²) in [4.78, 5) is 44.3. The number of rotatable bonds is 6. The highest BCUT2D eigenvalue weighted by atomic mass is 16.3. The molecule has 2 aliphatic heterocycles. The van der Waals surface area contributed by atoms with Gasteiger partial charge in [0.15, 0.2) is 0 Å². The summed E-state index contributed by atoms with van der Waals surface area (Å²) in [7, 11) is 0. The van der Waals surface area contributed by atoms with Gasteiger partial charge in [-0.15, -0.1) is 0 Å². The smallest absolute Gasteiger partial charge is 0.278 e. The lowest BCUT2D eigenvalue weighted by molar-refractivity contribution is -0.141. The minimum atomic E-state index is -0.207. The Morgan fingerprint density at radius 2 is 1.66 bits per heavy atom. The van der Waals surface area contributed by atoms with Crippen molar-refractivity contribution in [3.05, 3.63) is 35.5 Å². The van der Waals surface area contributed by atoms with Gasteiger partial charge >= 0.3 is 0 Å². The molecule has 3 aliphatic rings. The molecule has 32 heavy (non-hydrogen) atoms. The molecule has 1 aromatic rings. The molecule has 3 amide bonds. The van der Waals surface area contributed by atoms with Crippen molar-refractivity contribution in [2.75, 3.05) is 44.6 Å². The van der Waals surface area contributed by atoms with Crippen LogP contribution < -0.4 is 5.32 Å². The summed E-state index contributed by atoms with van der Waals surface area (Å²) in [6, 6.07) is 7.10. The zero-order chi connectivity index (χ0) is 22.7. The number of anilines is 1. The van der Waals surface area contributed by atoms with Crippen molar-refractivity contribution < 1.29 is 19.5 Å². The number of piperazine rings is 1. The van der Waals surface area contributed by atoms with Gasteiger partial charge < -0.3 is 15.3 Å². The Kier molecular flexibility index (Phi) is 6.91. The SMILES string of the molecule is CC(=O)Nc1ccc(C2=C(N3CCN(CCO)CC3)C(=O)N(C3CCCCC3)C2=O)cc1. The zero-order valence-electron chi connectivity index (χ0n) is 18.7. The number of benzene rings is 1. The highest BCUT2D eigenvalue weighted by Crippen LogP contribution is 2.36. The second kappa shape index (κ2) is 9.83. The lowest BCUT2D eigenvalue weighted by atomic mass is 9.94. The molecule has 0 aromatic heterocycles. The van der Waals surface area contributed by atoms with E-state index in [9.17, 15) is 19.5 Å². The van der Waals surface area contributed by atoms with Crippen LogP contribution in [0.4, 0.5) is 5.69 Å². The summed E-state index contributed by atoms with van der Waals surface area (Å²) < 4.78 is 0. The second-order valence-electron chi connectivity index (χ2n) is 8.81. The predicted molar refractivity (Wildman–Crippen MR) is 121 cm³/mol. The molecule has 172 valence electrons. The number of carbonyl (C=O) groups excluding carboxylic acids is 3. The molecule has 8 nitrogen and oxygen atoms in total. The summed E-state index contributed by atoms with van der Waals surface area (Å²) in [5, 5.41) is 12.0. The number of β-amino-alcohol motifs (C(OH)–C–C–N with tert-alkyl or cyclic N) is 1. The van der Waals surface area contributed by atoms with E-state index in [1.807, 2.05) is 4.90 Å². The fourth-order valence-corrected chi connectivity index (χ4v) is 5.02. The number of nitrogens with zero attached hydrogens (tertiary/aromatic N) is 3. The van der Waals surface area contributed by atoms with E-state index in [4.69, 9.17) is 0 Å². The van der Waals surface area contributed by atoms with Gasteiger partial charge in [-0.2, -0.15) is 0 Å². The fraction of sp³-hybridized carbons (Fsp3) is 0.542. The molecule has 2 fully saturated rings.